The lowest BCUT2D eigenvalue weighted by Crippen LogP contribution is -2.24. The molecule has 0 radical (unpaired) electrons. The Kier molecular flexibility index (Phi) is 5.25. The van der Waals surface area contributed by atoms with Crippen LogP contribution in [0, 0.1) is 13.8 Å². The van der Waals surface area contributed by atoms with Gasteiger partial charge in [0, 0.05) is 10.6 Å². The summed E-state index contributed by atoms with van der Waals surface area (Å²) in [5, 5.41) is 7.63. The average molecular weight is 420 g/mol. The topological polar surface area (TPSA) is 77.1 Å². The van der Waals surface area contributed by atoms with Gasteiger partial charge in [-0.1, -0.05) is 47.5 Å². The summed E-state index contributed by atoms with van der Waals surface area (Å²) in [6.07, 6.45) is 1.41. The summed E-state index contributed by atoms with van der Waals surface area (Å²) in [5.74, 6) is -0.174. The molecule has 0 fully saturated rings. The number of furan rings is 1. The zero-order valence-electron chi connectivity index (χ0n) is 16.3. The van der Waals surface area contributed by atoms with Crippen molar-refractivity contribution < 1.29 is 9.21 Å². The van der Waals surface area contributed by atoms with Crippen molar-refractivity contribution in [1.29, 1.82) is 0 Å². The summed E-state index contributed by atoms with van der Waals surface area (Å²) < 4.78 is 6.74. The molecule has 0 saturated heterocycles. The van der Waals surface area contributed by atoms with Crippen LogP contribution < -0.4 is 10.7 Å². The third kappa shape index (κ3) is 3.65. The molecule has 0 saturated carbocycles. The average Bonchev–Trinajstić information content (AvgIpc) is 3.27. The molecule has 7 heteroatoms. The molecule has 2 aromatic heterocycles. The van der Waals surface area contributed by atoms with Crippen molar-refractivity contribution in [2.75, 3.05) is 5.32 Å². The van der Waals surface area contributed by atoms with Crippen molar-refractivity contribution in [2.45, 2.75) is 13.8 Å². The highest BCUT2D eigenvalue weighted by Gasteiger charge is 2.22. The minimum atomic E-state index is -0.501. The molecule has 6 nitrogen and oxygen atoms in total. The molecule has 0 aliphatic heterocycles. The van der Waals surface area contributed by atoms with Gasteiger partial charge < -0.3 is 9.73 Å². The van der Waals surface area contributed by atoms with E-state index in [9.17, 15) is 9.59 Å². The first-order chi connectivity index (χ1) is 14.5. The Balaban J connectivity index is 2.00. The second kappa shape index (κ2) is 8.00. The van der Waals surface area contributed by atoms with Gasteiger partial charge in [-0.05, 0) is 44.2 Å². The number of hydrogen-bond acceptors (Lipinski definition) is 4. The fourth-order valence-electron chi connectivity index (χ4n) is 3.12. The molecule has 1 amide bonds. The predicted octanol–water partition coefficient (Wildman–Crippen LogP) is 5.02. The molecule has 4 aromatic rings. The Hall–Kier alpha value is -3.64. The molecule has 2 heterocycles. The summed E-state index contributed by atoms with van der Waals surface area (Å²) in [5.41, 5.74) is 2.48. The Morgan fingerprint density at radius 1 is 1.03 bits per heavy atom. The highest BCUT2D eigenvalue weighted by molar-refractivity contribution is 6.33. The van der Waals surface area contributed by atoms with Crippen molar-refractivity contribution >= 4 is 23.3 Å². The number of hydrogen-bond donors (Lipinski definition) is 1. The molecule has 0 atom stereocenters. The van der Waals surface area contributed by atoms with Crippen LogP contribution in [0.15, 0.2) is 76.1 Å². The van der Waals surface area contributed by atoms with Crippen LogP contribution in [0.4, 0.5) is 5.82 Å². The minimum absolute atomic E-state index is 0.114. The van der Waals surface area contributed by atoms with E-state index in [-0.39, 0.29) is 28.3 Å². The zero-order chi connectivity index (χ0) is 21.3. The molecule has 150 valence electrons. The molecule has 0 unspecified atom stereocenters. The SMILES string of the molecule is Cc1ccc(-n2nc(C)c(=O)c(-c3ccccc3Cl)c2NC(=O)c2ccco2)cc1. The summed E-state index contributed by atoms with van der Waals surface area (Å²) >= 11 is 6.41. The number of benzene rings is 2. The first-order valence-electron chi connectivity index (χ1n) is 9.26. The van der Waals surface area contributed by atoms with Crippen molar-refractivity contribution in [1.82, 2.24) is 9.78 Å². The molecule has 1 N–H and O–H groups in total. The third-order valence-corrected chi connectivity index (χ3v) is 4.98. The van der Waals surface area contributed by atoms with E-state index >= 15 is 0 Å². The summed E-state index contributed by atoms with van der Waals surface area (Å²) in [6.45, 7) is 3.61. The van der Waals surface area contributed by atoms with Crippen LogP contribution in [0.3, 0.4) is 0 Å². The van der Waals surface area contributed by atoms with Gasteiger partial charge in [0.05, 0.1) is 17.5 Å². The number of rotatable bonds is 4. The largest absolute Gasteiger partial charge is 0.459 e. The lowest BCUT2D eigenvalue weighted by molar-refractivity contribution is 0.0996. The second-order valence-corrected chi connectivity index (χ2v) is 7.20. The van der Waals surface area contributed by atoms with Crippen molar-refractivity contribution in [3.8, 4) is 16.8 Å². The van der Waals surface area contributed by atoms with Crippen LogP contribution in [0.5, 0.6) is 0 Å². The molecule has 0 aliphatic rings. The van der Waals surface area contributed by atoms with E-state index in [0.717, 1.165) is 5.56 Å². The van der Waals surface area contributed by atoms with E-state index in [1.165, 1.54) is 10.9 Å². The van der Waals surface area contributed by atoms with Gasteiger partial charge >= 0.3 is 0 Å². The zero-order valence-corrected chi connectivity index (χ0v) is 17.1. The molecule has 4 rings (SSSR count). The minimum Gasteiger partial charge on any atom is -0.459 e. The summed E-state index contributed by atoms with van der Waals surface area (Å²) in [6, 6.07) is 17.7. The Morgan fingerprint density at radius 3 is 2.43 bits per heavy atom. The van der Waals surface area contributed by atoms with E-state index < -0.39 is 5.91 Å². The van der Waals surface area contributed by atoms with Crippen molar-refractivity contribution in [2.24, 2.45) is 0 Å². The maximum atomic E-state index is 13.1. The third-order valence-electron chi connectivity index (χ3n) is 4.65. The Bertz CT molecular complexity index is 1280. The molecule has 0 spiro atoms. The number of aromatic nitrogens is 2. The highest BCUT2D eigenvalue weighted by Crippen LogP contribution is 2.32. The molecular formula is C23H18ClN3O3. The van der Waals surface area contributed by atoms with Crippen molar-refractivity contribution in [3.63, 3.8) is 0 Å². The Morgan fingerprint density at radius 2 is 1.77 bits per heavy atom. The number of nitrogens with zero attached hydrogens (tertiary/aromatic N) is 2. The molecule has 0 bridgehead atoms. The van der Waals surface area contributed by atoms with E-state index in [4.69, 9.17) is 16.0 Å². The number of nitrogens with one attached hydrogen (secondary N) is 1. The number of aryl methyl sites for hydroxylation is 2. The smallest absolute Gasteiger partial charge is 0.292 e. The number of amides is 1. The van der Waals surface area contributed by atoms with Crippen LogP contribution in [0.25, 0.3) is 16.8 Å². The predicted molar refractivity (Wildman–Crippen MR) is 116 cm³/mol. The van der Waals surface area contributed by atoms with Crippen LogP contribution in [-0.4, -0.2) is 15.7 Å². The van der Waals surface area contributed by atoms with E-state index in [0.29, 0.717) is 16.3 Å². The van der Waals surface area contributed by atoms with Crippen LogP contribution >= 0.6 is 11.6 Å². The van der Waals surface area contributed by atoms with Gasteiger partial charge in [0.1, 0.15) is 11.5 Å². The van der Waals surface area contributed by atoms with E-state index in [1.807, 2.05) is 31.2 Å². The standard InChI is InChI=1S/C23H18ClN3O3/c1-14-9-11-16(12-10-14)27-22(25-23(29)19-8-5-13-30-19)20(21(28)15(2)26-27)17-6-3-4-7-18(17)24/h3-13H,1-2H3,(H,25,29). The van der Waals surface area contributed by atoms with Crippen LogP contribution in [-0.2, 0) is 0 Å². The van der Waals surface area contributed by atoms with Gasteiger partial charge in [-0.2, -0.15) is 5.10 Å². The highest BCUT2D eigenvalue weighted by atomic mass is 35.5. The lowest BCUT2D eigenvalue weighted by Gasteiger charge is -2.18. The number of carbonyl (C=O) groups excluding carboxylic acids is 1. The van der Waals surface area contributed by atoms with E-state index in [1.54, 1.807) is 43.3 Å². The van der Waals surface area contributed by atoms with Gasteiger partial charge in [-0.15, -0.1) is 0 Å². The molecular weight excluding hydrogens is 402 g/mol. The fraction of sp³-hybridized carbons (Fsp3) is 0.0870. The van der Waals surface area contributed by atoms with Gasteiger partial charge in [-0.3, -0.25) is 9.59 Å². The molecule has 0 aliphatic carbocycles. The van der Waals surface area contributed by atoms with Crippen LogP contribution in [0.2, 0.25) is 5.02 Å². The lowest BCUT2D eigenvalue weighted by atomic mass is 10.0. The second-order valence-electron chi connectivity index (χ2n) is 6.80. The first-order valence-corrected chi connectivity index (χ1v) is 9.64. The van der Waals surface area contributed by atoms with E-state index in [2.05, 4.69) is 10.4 Å². The molecule has 30 heavy (non-hydrogen) atoms. The number of carbonyl (C=O) groups is 1. The fourth-order valence-corrected chi connectivity index (χ4v) is 3.35. The van der Waals surface area contributed by atoms with Gasteiger partial charge in [0.2, 0.25) is 5.43 Å². The maximum Gasteiger partial charge on any atom is 0.292 e. The van der Waals surface area contributed by atoms with Gasteiger partial charge in [0.25, 0.3) is 5.91 Å². The summed E-state index contributed by atoms with van der Waals surface area (Å²) in [4.78, 5) is 25.9. The number of anilines is 1. The molecule has 2 aromatic carbocycles. The first kappa shape index (κ1) is 19.7. The maximum absolute atomic E-state index is 13.1. The normalized spacial score (nSPS) is 10.8. The number of halogens is 1. The van der Waals surface area contributed by atoms with Crippen LogP contribution in [0.1, 0.15) is 21.8 Å². The summed E-state index contributed by atoms with van der Waals surface area (Å²) in [7, 11) is 0. The van der Waals surface area contributed by atoms with Crippen molar-refractivity contribution in [3.05, 3.63) is 99.2 Å². The monoisotopic (exact) mass is 419 g/mol. The Labute approximate surface area is 177 Å². The van der Waals surface area contributed by atoms with Gasteiger partial charge in [0.15, 0.2) is 5.76 Å². The quantitative estimate of drug-likeness (QED) is 0.504. The van der Waals surface area contributed by atoms with Gasteiger partial charge in [-0.25, -0.2) is 4.68 Å².